The van der Waals surface area contributed by atoms with E-state index >= 15 is 0 Å². The summed E-state index contributed by atoms with van der Waals surface area (Å²) in [6, 6.07) is 1.52. The van der Waals surface area contributed by atoms with Crippen molar-refractivity contribution in [3.05, 3.63) is 23.0 Å². The minimum atomic E-state index is -0.294. The third kappa shape index (κ3) is 3.00. The van der Waals surface area contributed by atoms with Gasteiger partial charge in [0.1, 0.15) is 6.04 Å². The summed E-state index contributed by atoms with van der Waals surface area (Å²) in [7, 11) is 0. The SMILES string of the molecule is Cc1cc(C=O)c(C)n1C(C)C(=O)NCC(C)C. The number of aldehydes is 1. The second-order valence-electron chi connectivity index (χ2n) is 5.13. The van der Waals surface area contributed by atoms with Crippen LogP contribution in [0.1, 0.15) is 48.6 Å². The molecule has 0 bridgehead atoms. The van der Waals surface area contributed by atoms with Crippen LogP contribution in [0.5, 0.6) is 0 Å². The fourth-order valence-electron chi connectivity index (χ4n) is 2.09. The second kappa shape index (κ2) is 5.85. The third-order valence-corrected chi connectivity index (χ3v) is 3.10. The predicted molar refractivity (Wildman–Crippen MR) is 71.9 cm³/mol. The highest BCUT2D eigenvalue weighted by Crippen LogP contribution is 2.19. The maximum absolute atomic E-state index is 12.0. The van der Waals surface area contributed by atoms with Crippen LogP contribution < -0.4 is 5.32 Å². The normalized spacial score (nSPS) is 12.6. The van der Waals surface area contributed by atoms with Gasteiger partial charge >= 0.3 is 0 Å². The van der Waals surface area contributed by atoms with Gasteiger partial charge in [0.2, 0.25) is 5.91 Å². The quantitative estimate of drug-likeness (QED) is 0.815. The van der Waals surface area contributed by atoms with Gasteiger partial charge in [-0.3, -0.25) is 9.59 Å². The Morgan fingerprint density at radius 1 is 1.39 bits per heavy atom. The van der Waals surface area contributed by atoms with E-state index in [4.69, 9.17) is 0 Å². The molecule has 1 N–H and O–H groups in total. The van der Waals surface area contributed by atoms with Crippen LogP contribution in [0.15, 0.2) is 6.07 Å². The molecule has 1 aromatic heterocycles. The summed E-state index contributed by atoms with van der Waals surface area (Å²) < 4.78 is 1.90. The highest BCUT2D eigenvalue weighted by molar-refractivity contribution is 5.82. The number of rotatable bonds is 5. The first kappa shape index (κ1) is 14.5. The first-order valence-electron chi connectivity index (χ1n) is 6.29. The monoisotopic (exact) mass is 250 g/mol. The molecule has 1 rings (SSSR count). The van der Waals surface area contributed by atoms with Gasteiger partial charge in [-0.2, -0.15) is 0 Å². The Morgan fingerprint density at radius 2 is 2.00 bits per heavy atom. The van der Waals surface area contributed by atoms with Gasteiger partial charge in [0.25, 0.3) is 0 Å². The van der Waals surface area contributed by atoms with Crippen LogP contribution in [-0.4, -0.2) is 23.3 Å². The van der Waals surface area contributed by atoms with Gasteiger partial charge in [-0.05, 0) is 32.8 Å². The maximum atomic E-state index is 12.0. The summed E-state index contributed by atoms with van der Waals surface area (Å²) in [6.45, 7) is 10.4. The van der Waals surface area contributed by atoms with Crippen LogP contribution in [-0.2, 0) is 4.79 Å². The van der Waals surface area contributed by atoms with Crippen LogP contribution >= 0.6 is 0 Å². The van der Waals surface area contributed by atoms with Crippen molar-refractivity contribution in [2.75, 3.05) is 6.54 Å². The molecule has 1 aromatic rings. The smallest absolute Gasteiger partial charge is 0.242 e. The molecule has 1 atom stereocenters. The van der Waals surface area contributed by atoms with Crippen molar-refractivity contribution in [3.8, 4) is 0 Å². The van der Waals surface area contributed by atoms with Crippen molar-refractivity contribution in [1.82, 2.24) is 9.88 Å². The van der Waals surface area contributed by atoms with Gasteiger partial charge < -0.3 is 9.88 Å². The van der Waals surface area contributed by atoms with E-state index < -0.39 is 0 Å². The van der Waals surface area contributed by atoms with E-state index in [-0.39, 0.29) is 11.9 Å². The molecule has 0 spiro atoms. The minimum absolute atomic E-state index is 0.0112. The number of carbonyl (C=O) groups excluding carboxylic acids is 2. The molecule has 1 unspecified atom stereocenters. The molecule has 0 saturated heterocycles. The third-order valence-electron chi connectivity index (χ3n) is 3.10. The van der Waals surface area contributed by atoms with E-state index in [0.29, 0.717) is 18.0 Å². The number of hydrogen-bond acceptors (Lipinski definition) is 2. The largest absolute Gasteiger partial charge is 0.354 e. The van der Waals surface area contributed by atoms with E-state index in [1.807, 2.05) is 31.4 Å². The lowest BCUT2D eigenvalue weighted by Crippen LogP contribution is -2.34. The number of nitrogens with zero attached hydrogens (tertiary/aromatic N) is 1. The molecule has 1 amide bonds. The highest BCUT2D eigenvalue weighted by atomic mass is 16.2. The van der Waals surface area contributed by atoms with E-state index in [1.54, 1.807) is 0 Å². The van der Waals surface area contributed by atoms with Gasteiger partial charge in [-0.25, -0.2) is 0 Å². The number of amides is 1. The Morgan fingerprint density at radius 3 is 2.44 bits per heavy atom. The molecule has 0 saturated carbocycles. The fraction of sp³-hybridized carbons (Fsp3) is 0.571. The average Bonchev–Trinajstić information content (AvgIpc) is 2.60. The van der Waals surface area contributed by atoms with Gasteiger partial charge in [-0.15, -0.1) is 0 Å². The molecule has 0 aliphatic carbocycles. The number of aryl methyl sites for hydroxylation is 1. The van der Waals surface area contributed by atoms with E-state index in [2.05, 4.69) is 19.2 Å². The molecule has 0 aliphatic heterocycles. The lowest BCUT2D eigenvalue weighted by molar-refractivity contribution is -0.124. The summed E-state index contributed by atoms with van der Waals surface area (Å²) in [5.74, 6) is 0.418. The Bertz CT molecular complexity index is 447. The minimum Gasteiger partial charge on any atom is -0.354 e. The van der Waals surface area contributed by atoms with Crippen LogP contribution in [0.25, 0.3) is 0 Å². The maximum Gasteiger partial charge on any atom is 0.242 e. The van der Waals surface area contributed by atoms with Crippen molar-refractivity contribution < 1.29 is 9.59 Å². The standard InChI is InChI=1S/C14H22N2O2/c1-9(2)7-15-14(18)12(5)16-10(3)6-13(8-17)11(16)4/h6,8-9,12H,7H2,1-5H3,(H,15,18). The summed E-state index contributed by atoms with van der Waals surface area (Å²) in [5, 5.41) is 2.91. The van der Waals surface area contributed by atoms with Crippen LogP contribution in [0.3, 0.4) is 0 Å². The molecule has 18 heavy (non-hydrogen) atoms. The van der Waals surface area contributed by atoms with Gasteiger partial charge in [0, 0.05) is 23.5 Å². The number of hydrogen-bond donors (Lipinski definition) is 1. The molecule has 1 heterocycles. The van der Waals surface area contributed by atoms with Crippen molar-refractivity contribution in [3.63, 3.8) is 0 Å². The molecule has 0 radical (unpaired) electrons. The molecule has 4 nitrogen and oxygen atoms in total. The second-order valence-corrected chi connectivity index (χ2v) is 5.13. The van der Waals surface area contributed by atoms with Crippen LogP contribution in [0.4, 0.5) is 0 Å². The Labute approximate surface area is 108 Å². The van der Waals surface area contributed by atoms with Gasteiger partial charge in [0.05, 0.1) is 0 Å². The van der Waals surface area contributed by atoms with Crippen molar-refractivity contribution in [2.24, 2.45) is 5.92 Å². The molecular formula is C14H22N2O2. The molecule has 0 fully saturated rings. The van der Waals surface area contributed by atoms with Gasteiger partial charge in [0.15, 0.2) is 6.29 Å². The molecular weight excluding hydrogens is 228 g/mol. The van der Waals surface area contributed by atoms with Crippen LogP contribution in [0, 0.1) is 19.8 Å². The Hall–Kier alpha value is -1.58. The molecule has 4 heteroatoms. The van der Waals surface area contributed by atoms with E-state index in [9.17, 15) is 9.59 Å². The molecule has 0 aliphatic rings. The Balaban J connectivity index is 2.89. The number of carbonyl (C=O) groups is 2. The number of aromatic nitrogens is 1. The summed E-state index contributed by atoms with van der Waals surface area (Å²) in [4.78, 5) is 22.9. The lowest BCUT2D eigenvalue weighted by atomic mass is 10.2. The lowest BCUT2D eigenvalue weighted by Gasteiger charge is -2.19. The van der Waals surface area contributed by atoms with E-state index in [0.717, 1.165) is 17.7 Å². The fourth-order valence-corrected chi connectivity index (χ4v) is 2.09. The summed E-state index contributed by atoms with van der Waals surface area (Å²) in [5.41, 5.74) is 2.42. The first-order chi connectivity index (χ1) is 8.38. The van der Waals surface area contributed by atoms with Gasteiger partial charge in [-0.1, -0.05) is 13.8 Å². The average molecular weight is 250 g/mol. The number of nitrogens with one attached hydrogen (secondary N) is 1. The van der Waals surface area contributed by atoms with E-state index in [1.165, 1.54) is 0 Å². The van der Waals surface area contributed by atoms with Crippen LogP contribution in [0.2, 0.25) is 0 Å². The zero-order valence-corrected chi connectivity index (χ0v) is 11.8. The topological polar surface area (TPSA) is 51.1 Å². The molecule has 100 valence electrons. The van der Waals surface area contributed by atoms with Crippen molar-refractivity contribution >= 4 is 12.2 Å². The zero-order chi connectivity index (χ0) is 13.9. The highest BCUT2D eigenvalue weighted by Gasteiger charge is 2.19. The van der Waals surface area contributed by atoms with Crippen molar-refractivity contribution in [2.45, 2.75) is 40.7 Å². The Kier molecular flexibility index (Phi) is 4.70. The van der Waals surface area contributed by atoms with Crippen molar-refractivity contribution in [1.29, 1.82) is 0 Å². The summed E-state index contributed by atoms with van der Waals surface area (Å²) >= 11 is 0. The molecule has 0 aromatic carbocycles. The zero-order valence-electron chi connectivity index (χ0n) is 11.8. The predicted octanol–water partition coefficient (Wildman–Crippen LogP) is 2.25. The first-order valence-corrected chi connectivity index (χ1v) is 6.29. The summed E-state index contributed by atoms with van der Waals surface area (Å²) in [6.07, 6.45) is 0.831.